The molecule has 0 saturated carbocycles. The van der Waals surface area contributed by atoms with Crippen LogP contribution < -0.4 is 14.8 Å². The fourth-order valence-corrected chi connectivity index (χ4v) is 6.05. The largest absolute Gasteiger partial charge is 0.497 e. The summed E-state index contributed by atoms with van der Waals surface area (Å²) in [5.41, 5.74) is 4.67. The van der Waals surface area contributed by atoms with Gasteiger partial charge in [0.2, 0.25) is 5.91 Å². The maximum absolute atomic E-state index is 13.9. The number of esters is 1. The molecule has 10 heteroatoms. The number of hydrogen-bond acceptors (Lipinski definition) is 7. The molecule has 0 saturated heterocycles. The third kappa shape index (κ3) is 12.2. The van der Waals surface area contributed by atoms with Crippen LogP contribution in [0.1, 0.15) is 92.7 Å². The van der Waals surface area contributed by atoms with Gasteiger partial charge in [0.15, 0.2) is 0 Å². The van der Waals surface area contributed by atoms with Crippen molar-refractivity contribution < 1.29 is 28.6 Å². The number of amides is 2. The molecule has 0 fully saturated rings. The molecule has 2 N–H and O–H groups in total. The van der Waals surface area contributed by atoms with Crippen LogP contribution in [0, 0.1) is 0 Å². The number of ether oxygens (including phenoxy) is 3. The number of nitrogens with one attached hydrogen (secondary N) is 2. The molecule has 1 aromatic heterocycles. The molecular weight excluding hydrogens is 681 g/mol. The number of nitrogens with zero attached hydrogens (tertiary/aromatic N) is 2. The van der Waals surface area contributed by atoms with Gasteiger partial charge in [0.25, 0.3) is 5.91 Å². The first-order valence-corrected chi connectivity index (χ1v) is 18.7. The van der Waals surface area contributed by atoms with Gasteiger partial charge in [0.1, 0.15) is 29.5 Å². The summed E-state index contributed by atoms with van der Waals surface area (Å²) in [4.78, 5) is 49.2. The summed E-state index contributed by atoms with van der Waals surface area (Å²) in [6, 6.07) is 27.9. The first-order valence-electron chi connectivity index (χ1n) is 18.7. The van der Waals surface area contributed by atoms with Gasteiger partial charge in [0.05, 0.1) is 31.2 Å². The maximum atomic E-state index is 13.9. The summed E-state index contributed by atoms with van der Waals surface area (Å²) in [5, 5.41) is 2.88. The average molecular weight is 733 g/mol. The second kappa shape index (κ2) is 18.9. The fraction of sp³-hybridized carbons (Fsp3) is 0.364. The van der Waals surface area contributed by atoms with Crippen molar-refractivity contribution >= 4 is 34.5 Å². The van der Waals surface area contributed by atoms with Crippen LogP contribution in [0.4, 0.5) is 5.69 Å². The lowest BCUT2D eigenvalue weighted by Crippen LogP contribution is -2.38. The highest BCUT2D eigenvalue weighted by atomic mass is 16.6. The number of hydrogen-bond donors (Lipinski definition) is 2. The Hall–Kier alpha value is -5.64. The molecule has 4 aromatic carbocycles. The predicted octanol–water partition coefficient (Wildman–Crippen LogP) is 8.68. The third-order valence-electron chi connectivity index (χ3n) is 8.75. The van der Waals surface area contributed by atoms with Crippen LogP contribution in [-0.2, 0) is 33.7 Å². The topological polar surface area (TPSA) is 123 Å². The molecule has 1 heterocycles. The van der Waals surface area contributed by atoms with Crippen LogP contribution >= 0.6 is 0 Å². The Bertz CT molecular complexity index is 1980. The fourth-order valence-electron chi connectivity index (χ4n) is 6.05. The lowest BCUT2D eigenvalue weighted by Gasteiger charge is -2.25. The lowest BCUT2D eigenvalue weighted by molar-refractivity contribution is -0.155. The molecule has 0 aliphatic carbocycles. The van der Waals surface area contributed by atoms with Crippen molar-refractivity contribution in [3.63, 3.8) is 0 Å². The van der Waals surface area contributed by atoms with E-state index in [0.29, 0.717) is 17.7 Å². The predicted molar refractivity (Wildman–Crippen MR) is 212 cm³/mol. The summed E-state index contributed by atoms with van der Waals surface area (Å²) in [6.07, 6.45) is 6.85. The van der Waals surface area contributed by atoms with Crippen LogP contribution in [0.2, 0.25) is 0 Å². The van der Waals surface area contributed by atoms with E-state index >= 15 is 0 Å². The molecule has 0 radical (unpaired) electrons. The summed E-state index contributed by atoms with van der Waals surface area (Å²) in [5.74, 6) is 1.38. The van der Waals surface area contributed by atoms with E-state index < -0.39 is 11.6 Å². The number of fused-ring (bicyclic) bond motifs is 1. The number of methoxy groups -OCH3 is 1. The summed E-state index contributed by atoms with van der Waals surface area (Å²) in [7, 11) is 1.59. The summed E-state index contributed by atoms with van der Waals surface area (Å²) in [6.45, 7) is 8.26. The molecule has 0 spiro atoms. The molecule has 0 unspecified atom stereocenters. The van der Waals surface area contributed by atoms with Crippen molar-refractivity contribution in [3.8, 4) is 11.5 Å². The van der Waals surface area contributed by atoms with E-state index in [1.807, 2.05) is 54.6 Å². The second-order valence-corrected chi connectivity index (χ2v) is 14.5. The van der Waals surface area contributed by atoms with E-state index in [1.165, 1.54) is 30.6 Å². The Morgan fingerprint density at radius 2 is 1.46 bits per heavy atom. The number of aromatic nitrogens is 2. The smallest absolute Gasteiger partial charge is 0.326 e. The number of carbonyl (C=O) groups excluding carboxylic acids is 3. The van der Waals surface area contributed by atoms with E-state index in [-0.39, 0.29) is 31.3 Å². The van der Waals surface area contributed by atoms with E-state index in [9.17, 15) is 14.4 Å². The summed E-state index contributed by atoms with van der Waals surface area (Å²) >= 11 is 0. The van der Waals surface area contributed by atoms with Gasteiger partial charge in [-0.3, -0.25) is 14.4 Å². The number of rotatable bonds is 18. The zero-order chi connectivity index (χ0) is 38.5. The van der Waals surface area contributed by atoms with E-state index in [4.69, 9.17) is 19.2 Å². The zero-order valence-electron chi connectivity index (χ0n) is 32.1. The first-order chi connectivity index (χ1) is 26.0. The minimum absolute atomic E-state index is 0.169. The Morgan fingerprint density at radius 3 is 2.15 bits per heavy atom. The van der Waals surface area contributed by atoms with Crippen molar-refractivity contribution in [1.82, 2.24) is 14.9 Å². The number of unbranched alkanes of at least 4 members (excludes halogenated alkanes) is 4. The molecule has 0 aliphatic heterocycles. The molecule has 54 heavy (non-hydrogen) atoms. The molecule has 10 nitrogen and oxygen atoms in total. The second-order valence-electron chi connectivity index (χ2n) is 14.5. The van der Waals surface area contributed by atoms with Gasteiger partial charge in [-0.2, -0.15) is 0 Å². The van der Waals surface area contributed by atoms with Crippen LogP contribution in [-0.4, -0.2) is 58.5 Å². The number of aromatic amines is 1. The van der Waals surface area contributed by atoms with Gasteiger partial charge >= 0.3 is 5.97 Å². The van der Waals surface area contributed by atoms with Crippen molar-refractivity contribution in [2.75, 3.05) is 25.6 Å². The molecule has 2 amide bonds. The molecule has 0 aliphatic rings. The molecule has 0 bridgehead atoms. The van der Waals surface area contributed by atoms with Crippen LogP contribution in [0.15, 0.2) is 91.0 Å². The van der Waals surface area contributed by atoms with Crippen LogP contribution in [0.5, 0.6) is 11.5 Å². The highest BCUT2D eigenvalue weighted by Gasteiger charge is 2.24. The monoisotopic (exact) mass is 732 g/mol. The Labute approximate surface area is 318 Å². The maximum Gasteiger partial charge on any atom is 0.326 e. The third-order valence-corrected chi connectivity index (χ3v) is 8.75. The average Bonchev–Trinajstić information content (AvgIpc) is 3.54. The van der Waals surface area contributed by atoms with Gasteiger partial charge in [-0.25, -0.2) is 4.98 Å². The highest BCUT2D eigenvalue weighted by molar-refractivity contribution is 5.97. The van der Waals surface area contributed by atoms with Crippen molar-refractivity contribution in [2.24, 2.45) is 0 Å². The number of benzene rings is 4. The van der Waals surface area contributed by atoms with Gasteiger partial charge in [0, 0.05) is 24.2 Å². The zero-order valence-corrected chi connectivity index (χ0v) is 32.1. The molecular formula is C44H52N4O6. The van der Waals surface area contributed by atoms with Crippen molar-refractivity contribution in [3.05, 3.63) is 119 Å². The number of carbonyl (C=O) groups is 3. The number of imidazole rings is 1. The van der Waals surface area contributed by atoms with E-state index in [2.05, 4.69) is 29.4 Å². The number of H-pyrrole nitrogens is 1. The van der Waals surface area contributed by atoms with Gasteiger partial charge in [-0.1, -0.05) is 62.9 Å². The SMILES string of the molecule is CCCCCCCOc1ccc(Cc2nc3ccc(CN(CC(=O)OC(C)(C)C)C(=O)c4ccc(NC(=O)Cc5ccc(OC)cc5)cc4)cc3[nH]2)cc1. The molecule has 284 valence electrons. The molecule has 5 aromatic rings. The minimum Gasteiger partial charge on any atom is -0.497 e. The Morgan fingerprint density at radius 1 is 0.796 bits per heavy atom. The quantitative estimate of drug-likeness (QED) is 0.0683. The van der Waals surface area contributed by atoms with Gasteiger partial charge < -0.3 is 29.4 Å². The Balaban J connectivity index is 1.23. The van der Waals surface area contributed by atoms with Gasteiger partial charge in [-0.05, 0) is 105 Å². The van der Waals surface area contributed by atoms with Crippen LogP contribution in [0.25, 0.3) is 11.0 Å². The van der Waals surface area contributed by atoms with Gasteiger partial charge in [-0.15, -0.1) is 0 Å². The first kappa shape index (κ1) is 39.6. The van der Waals surface area contributed by atoms with E-state index in [0.717, 1.165) is 58.1 Å². The van der Waals surface area contributed by atoms with Crippen molar-refractivity contribution in [1.29, 1.82) is 0 Å². The summed E-state index contributed by atoms with van der Waals surface area (Å²) < 4.78 is 16.7. The number of anilines is 1. The normalized spacial score (nSPS) is 11.3. The Kier molecular flexibility index (Phi) is 13.9. The molecule has 5 rings (SSSR count). The highest BCUT2D eigenvalue weighted by Crippen LogP contribution is 2.21. The standard InChI is InChI=1S/C44H52N4O6/c1-6-7-8-9-10-25-53-37-22-13-31(14-23-37)27-40-46-38-24-15-33(26-39(38)47-40)29-48(30-42(50)54-44(2,3)4)43(51)34-16-18-35(19-17-34)45-41(49)28-32-11-20-36(52-5)21-12-32/h11-24,26H,6-10,25,27-30H2,1-5H3,(H,45,49)(H,46,47). The minimum atomic E-state index is -0.704. The lowest BCUT2D eigenvalue weighted by atomic mass is 10.1. The van der Waals surface area contributed by atoms with Crippen molar-refractivity contribution in [2.45, 2.75) is 84.8 Å². The van der Waals surface area contributed by atoms with E-state index in [1.54, 1.807) is 52.1 Å². The molecule has 0 atom stereocenters. The van der Waals surface area contributed by atoms with Crippen LogP contribution in [0.3, 0.4) is 0 Å².